The zero-order valence-corrected chi connectivity index (χ0v) is 18.5. The molecule has 1 aliphatic heterocycles. The van der Waals surface area contributed by atoms with Gasteiger partial charge in [-0.3, -0.25) is 4.99 Å². The third-order valence-electron chi connectivity index (χ3n) is 5.27. The monoisotopic (exact) mass is 406 g/mol. The molecule has 0 spiro atoms. The number of piperidine rings is 1. The molecule has 0 aliphatic carbocycles. The number of aliphatic imine (C=N–C) groups is 1. The molecule has 0 radical (unpaired) electrons. The van der Waals surface area contributed by atoms with Gasteiger partial charge in [0.15, 0.2) is 5.96 Å². The van der Waals surface area contributed by atoms with Crippen LogP contribution in [-0.4, -0.2) is 89.5 Å². The van der Waals surface area contributed by atoms with Crippen molar-refractivity contribution >= 4 is 5.96 Å². The largest absolute Gasteiger partial charge is 0.497 e. The van der Waals surface area contributed by atoms with Crippen LogP contribution in [0.15, 0.2) is 29.3 Å². The first kappa shape index (κ1) is 23.3. The maximum absolute atomic E-state index is 5.85. The van der Waals surface area contributed by atoms with Crippen LogP contribution in [0.2, 0.25) is 0 Å². The molecule has 0 atom stereocenters. The molecule has 0 saturated carbocycles. The standard InChI is InChI=1S/C22H38N4O3/c1-5-23-22(24-18-19-10-12-26(13-11-19)15-16-27-3)25(2)14-17-29-21-8-6-20(28-4)7-9-21/h6-9,19H,5,10-18H2,1-4H3,(H,23,24). The van der Waals surface area contributed by atoms with Gasteiger partial charge in [0.1, 0.15) is 18.1 Å². The first-order valence-corrected chi connectivity index (χ1v) is 10.6. The van der Waals surface area contributed by atoms with E-state index in [2.05, 4.69) is 29.1 Å². The third kappa shape index (κ3) is 8.50. The van der Waals surface area contributed by atoms with Crippen LogP contribution in [0.4, 0.5) is 0 Å². The zero-order valence-electron chi connectivity index (χ0n) is 18.5. The molecule has 7 nitrogen and oxygen atoms in total. The molecule has 1 aliphatic rings. The predicted octanol–water partition coefficient (Wildman–Crippen LogP) is 2.33. The summed E-state index contributed by atoms with van der Waals surface area (Å²) < 4.78 is 16.2. The summed E-state index contributed by atoms with van der Waals surface area (Å²) in [6.07, 6.45) is 2.41. The molecule has 29 heavy (non-hydrogen) atoms. The van der Waals surface area contributed by atoms with Gasteiger partial charge in [0.05, 0.1) is 20.3 Å². The Morgan fingerprint density at radius 1 is 1.14 bits per heavy atom. The topological polar surface area (TPSA) is 58.6 Å². The molecule has 7 heteroatoms. The van der Waals surface area contributed by atoms with Crippen molar-refractivity contribution in [1.82, 2.24) is 15.1 Å². The van der Waals surface area contributed by atoms with Crippen LogP contribution in [0, 0.1) is 5.92 Å². The van der Waals surface area contributed by atoms with Gasteiger partial charge >= 0.3 is 0 Å². The van der Waals surface area contributed by atoms with Crippen LogP contribution in [0.3, 0.4) is 0 Å². The van der Waals surface area contributed by atoms with Crippen molar-refractivity contribution in [3.63, 3.8) is 0 Å². The Balaban J connectivity index is 1.75. The highest BCUT2D eigenvalue weighted by Crippen LogP contribution is 2.18. The van der Waals surface area contributed by atoms with Crippen molar-refractivity contribution in [3.05, 3.63) is 24.3 Å². The van der Waals surface area contributed by atoms with Gasteiger partial charge in [-0.1, -0.05) is 0 Å². The molecule has 1 fully saturated rings. The molecular formula is C22H38N4O3. The van der Waals surface area contributed by atoms with Gasteiger partial charge in [-0.2, -0.15) is 0 Å². The molecule has 164 valence electrons. The number of methoxy groups -OCH3 is 2. The van der Waals surface area contributed by atoms with Crippen LogP contribution in [0.25, 0.3) is 0 Å². The van der Waals surface area contributed by atoms with Crippen LogP contribution in [0.1, 0.15) is 19.8 Å². The number of hydrogen-bond acceptors (Lipinski definition) is 5. The quantitative estimate of drug-likeness (QED) is 0.450. The second kappa shape index (κ2) is 13.3. The molecule has 1 aromatic rings. The second-order valence-electron chi connectivity index (χ2n) is 7.42. The average Bonchev–Trinajstić information content (AvgIpc) is 2.76. The Bertz CT molecular complexity index is 586. The first-order valence-electron chi connectivity index (χ1n) is 10.6. The summed E-state index contributed by atoms with van der Waals surface area (Å²) in [5.41, 5.74) is 0. The summed E-state index contributed by atoms with van der Waals surface area (Å²) in [6, 6.07) is 7.67. The Kier molecular flexibility index (Phi) is 10.7. The van der Waals surface area contributed by atoms with Crippen molar-refractivity contribution in [2.75, 3.05) is 73.7 Å². The minimum absolute atomic E-state index is 0.602. The maximum Gasteiger partial charge on any atom is 0.193 e. The van der Waals surface area contributed by atoms with E-state index < -0.39 is 0 Å². The van der Waals surface area contributed by atoms with Crippen molar-refractivity contribution in [2.45, 2.75) is 19.8 Å². The van der Waals surface area contributed by atoms with E-state index in [1.807, 2.05) is 24.3 Å². The molecular weight excluding hydrogens is 368 g/mol. The fourth-order valence-electron chi connectivity index (χ4n) is 3.38. The number of guanidine groups is 1. The molecule has 1 heterocycles. The fourth-order valence-corrected chi connectivity index (χ4v) is 3.38. The minimum Gasteiger partial charge on any atom is -0.497 e. The summed E-state index contributed by atoms with van der Waals surface area (Å²) in [4.78, 5) is 9.51. The highest BCUT2D eigenvalue weighted by molar-refractivity contribution is 5.79. The summed E-state index contributed by atoms with van der Waals surface area (Å²) in [5.74, 6) is 3.29. The summed E-state index contributed by atoms with van der Waals surface area (Å²) in [5, 5.41) is 3.40. The fraction of sp³-hybridized carbons (Fsp3) is 0.682. The molecule has 1 saturated heterocycles. The molecule has 0 amide bonds. The highest BCUT2D eigenvalue weighted by atomic mass is 16.5. The average molecular weight is 407 g/mol. The zero-order chi connectivity index (χ0) is 20.9. The second-order valence-corrected chi connectivity index (χ2v) is 7.42. The van der Waals surface area contributed by atoms with Gasteiger partial charge in [0.2, 0.25) is 0 Å². The lowest BCUT2D eigenvalue weighted by Crippen LogP contribution is -2.41. The molecule has 1 N–H and O–H groups in total. The molecule has 0 bridgehead atoms. The Hall–Kier alpha value is -1.99. The number of likely N-dealkylation sites (tertiary alicyclic amines) is 1. The van der Waals surface area contributed by atoms with E-state index in [0.29, 0.717) is 12.5 Å². The van der Waals surface area contributed by atoms with Crippen LogP contribution in [0.5, 0.6) is 11.5 Å². The number of nitrogens with zero attached hydrogens (tertiary/aromatic N) is 3. The maximum atomic E-state index is 5.85. The van der Waals surface area contributed by atoms with E-state index in [-0.39, 0.29) is 0 Å². The summed E-state index contributed by atoms with van der Waals surface area (Å²) in [6.45, 7) is 9.35. The van der Waals surface area contributed by atoms with Crippen molar-refractivity contribution in [1.29, 1.82) is 0 Å². The molecule has 2 rings (SSSR count). The molecule has 0 aromatic heterocycles. The van der Waals surface area contributed by atoms with Crippen LogP contribution < -0.4 is 14.8 Å². The smallest absolute Gasteiger partial charge is 0.193 e. The van der Waals surface area contributed by atoms with Gasteiger partial charge in [0.25, 0.3) is 0 Å². The summed E-state index contributed by atoms with van der Waals surface area (Å²) in [7, 11) is 5.49. The lowest BCUT2D eigenvalue weighted by molar-refractivity contribution is 0.121. The van der Waals surface area contributed by atoms with Crippen LogP contribution >= 0.6 is 0 Å². The van der Waals surface area contributed by atoms with Crippen molar-refractivity contribution < 1.29 is 14.2 Å². The number of likely N-dealkylation sites (N-methyl/N-ethyl adjacent to an activating group) is 1. The van der Waals surface area contributed by atoms with Crippen molar-refractivity contribution in [3.8, 4) is 11.5 Å². The first-order chi connectivity index (χ1) is 14.2. The number of benzene rings is 1. The van der Waals surface area contributed by atoms with E-state index >= 15 is 0 Å². The lowest BCUT2D eigenvalue weighted by Gasteiger charge is -2.31. The predicted molar refractivity (Wildman–Crippen MR) is 118 cm³/mol. The third-order valence-corrected chi connectivity index (χ3v) is 5.27. The SMILES string of the molecule is CCNC(=NCC1CCN(CCOC)CC1)N(C)CCOc1ccc(OC)cc1. The van der Waals surface area contributed by atoms with Gasteiger partial charge < -0.3 is 29.3 Å². The Morgan fingerprint density at radius 2 is 1.83 bits per heavy atom. The van der Waals surface area contributed by atoms with Gasteiger partial charge in [-0.05, 0) is 63.0 Å². The van der Waals surface area contributed by atoms with E-state index in [0.717, 1.165) is 63.3 Å². The van der Waals surface area contributed by atoms with Gasteiger partial charge in [-0.25, -0.2) is 0 Å². The van der Waals surface area contributed by atoms with Gasteiger partial charge in [0, 0.05) is 33.8 Å². The Morgan fingerprint density at radius 3 is 2.45 bits per heavy atom. The minimum atomic E-state index is 0.602. The molecule has 1 aromatic carbocycles. The van der Waals surface area contributed by atoms with Crippen LogP contribution in [-0.2, 0) is 4.74 Å². The highest BCUT2D eigenvalue weighted by Gasteiger charge is 2.19. The number of nitrogens with one attached hydrogen (secondary N) is 1. The molecule has 0 unspecified atom stereocenters. The Labute approximate surface area is 176 Å². The van der Waals surface area contributed by atoms with E-state index in [1.165, 1.54) is 12.8 Å². The normalized spacial score (nSPS) is 15.9. The van der Waals surface area contributed by atoms with Crippen molar-refractivity contribution in [2.24, 2.45) is 10.9 Å². The summed E-state index contributed by atoms with van der Waals surface area (Å²) >= 11 is 0. The number of hydrogen-bond donors (Lipinski definition) is 1. The number of ether oxygens (including phenoxy) is 3. The lowest BCUT2D eigenvalue weighted by atomic mass is 9.97. The van der Waals surface area contributed by atoms with E-state index in [1.54, 1.807) is 14.2 Å². The van der Waals surface area contributed by atoms with Gasteiger partial charge in [-0.15, -0.1) is 0 Å². The number of rotatable bonds is 11. The van der Waals surface area contributed by atoms with E-state index in [4.69, 9.17) is 19.2 Å². The van der Waals surface area contributed by atoms with E-state index in [9.17, 15) is 0 Å².